The van der Waals surface area contributed by atoms with E-state index in [0.717, 1.165) is 51.4 Å². The van der Waals surface area contributed by atoms with E-state index in [1.165, 1.54) is 6.20 Å². The van der Waals surface area contributed by atoms with Crippen LogP contribution in [-0.2, 0) is 23.0 Å². The smallest absolute Gasteiger partial charge is 0.261 e. The molecule has 1 N–H and O–H groups in total. The molecule has 0 atom stereocenters. The van der Waals surface area contributed by atoms with Crippen molar-refractivity contribution in [1.82, 2.24) is 19.5 Å². The molecule has 3 aromatic heterocycles. The van der Waals surface area contributed by atoms with Crippen LogP contribution in [0.4, 0.5) is 5.69 Å². The molecule has 36 heavy (non-hydrogen) atoms. The molecular weight excluding hydrogens is 470 g/mol. The van der Waals surface area contributed by atoms with Gasteiger partial charge in [-0.1, -0.05) is 49.4 Å². The van der Waals surface area contributed by atoms with Gasteiger partial charge in [0.1, 0.15) is 11.3 Å². The van der Waals surface area contributed by atoms with Crippen molar-refractivity contribution in [1.29, 1.82) is 0 Å². The van der Waals surface area contributed by atoms with E-state index in [9.17, 15) is 8.42 Å². The van der Waals surface area contributed by atoms with E-state index in [4.69, 9.17) is 9.97 Å². The van der Waals surface area contributed by atoms with Crippen molar-refractivity contribution < 1.29 is 8.42 Å². The van der Waals surface area contributed by atoms with E-state index in [0.29, 0.717) is 12.2 Å². The highest BCUT2D eigenvalue weighted by Gasteiger charge is 2.17. The number of hydrogen-bond donors (Lipinski definition) is 1. The molecule has 0 aliphatic rings. The Morgan fingerprint density at radius 1 is 0.944 bits per heavy atom. The van der Waals surface area contributed by atoms with Crippen molar-refractivity contribution in [2.24, 2.45) is 0 Å². The maximum atomic E-state index is 12.9. The Morgan fingerprint density at radius 2 is 1.69 bits per heavy atom. The van der Waals surface area contributed by atoms with Crippen LogP contribution in [0.2, 0.25) is 0 Å². The number of aromatic nitrogens is 4. The molecule has 0 fully saturated rings. The minimum atomic E-state index is -3.73. The second-order valence-corrected chi connectivity index (χ2v) is 10.4. The third-order valence-electron chi connectivity index (χ3n) is 6.28. The fourth-order valence-electron chi connectivity index (χ4n) is 4.22. The van der Waals surface area contributed by atoms with E-state index in [1.807, 2.05) is 25.1 Å². The fourth-order valence-corrected chi connectivity index (χ4v) is 5.31. The molecule has 0 spiro atoms. The Hall–Kier alpha value is -4.04. The first-order valence-corrected chi connectivity index (χ1v) is 13.3. The fraction of sp³-hybridized carbons (Fsp3) is 0.179. The molecule has 0 radical (unpaired) electrons. The third kappa shape index (κ3) is 4.59. The molecule has 0 aliphatic heterocycles. The van der Waals surface area contributed by atoms with E-state index >= 15 is 0 Å². The van der Waals surface area contributed by atoms with Crippen molar-refractivity contribution in [2.45, 2.75) is 38.6 Å². The van der Waals surface area contributed by atoms with Crippen LogP contribution in [0.3, 0.4) is 0 Å². The Balaban J connectivity index is 1.44. The van der Waals surface area contributed by atoms with Gasteiger partial charge in [-0.15, -0.1) is 0 Å². The van der Waals surface area contributed by atoms with Crippen molar-refractivity contribution in [3.8, 4) is 11.1 Å². The molecule has 7 nitrogen and oxygen atoms in total. The molecule has 0 saturated heterocycles. The summed E-state index contributed by atoms with van der Waals surface area (Å²) in [5.74, 6) is 0.998. The average molecular weight is 498 g/mol. The van der Waals surface area contributed by atoms with Crippen molar-refractivity contribution in [3.05, 3.63) is 102 Å². The standard InChI is InChI=1S/C28H27N5O2S/c1-4-27-31-25-16-19(2)20(3)30-28(25)33(27)18-21-10-12-22(13-11-21)24-14-15-29-17-26(24)32-36(34,35)23-8-6-5-7-9-23/h5-17,32H,4,18H2,1-3H3. The summed E-state index contributed by atoms with van der Waals surface area (Å²) in [6, 6.07) is 20.3. The van der Waals surface area contributed by atoms with Crippen LogP contribution in [0.15, 0.2) is 84.0 Å². The summed E-state index contributed by atoms with van der Waals surface area (Å²) in [5.41, 5.74) is 7.13. The van der Waals surface area contributed by atoms with Gasteiger partial charge in [-0.25, -0.2) is 18.4 Å². The lowest BCUT2D eigenvalue weighted by molar-refractivity contribution is 0.601. The van der Waals surface area contributed by atoms with Gasteiger partial charge in [-0.05, 0) is 54.8 Å². The zero-order valence-electron chi connectivity index (χ0n) is 20.4. The molecule has 8 heteroatoms. The SMILES string of the molecule is CCc1nc2cc(C)c(C)nc2n1Cc1ccc(-c2ccncc2NS(=O)(=O)c2ccccc2)cc1. The van der Waals surface area contributed by atoms with Crippen LogP contribution in [-0.4, -0.2) is 27.9 Å². The topological polar surface area (TPSA) is 89.8 Å². The van der Waals surface area contributed by atoms with Gasteiger partial charge in [0.2, 0.25) is 0 Å². The quantitative estimate of drug-likeness (QED) is 0.320. The third-order valence-corrected chi connectivity index (χ3v) is 7.67. The van der Waals surface area contributed by atoms with Crippen molar-refractivity contribution in [2.75, 3.05) is 4.72 Å². The second-order valence-electron chi connectivity index (χ2n) is 8.74. The number of aryl methyl sites for hydroxylation is 3. The molecule has 5 aromatic rings. The molecule has 2 aromatic carbocycles. The molecular formula is C28H27N5O2S. The number of nitrogens with one attached hydrogen (secondary N) is 1. The molecule has 3 heterocycles. The van der Waals surface area contributed by atoms with Crippen molar-refractivity contribution >= 4 is 26.9 Å². The monoisotopic (exact) mass is 497 g/mol. The van der Waals surface area contributed by atoms with Crippen LogP contribution in [0.5, 0.6) is 0 Å². The lowest BCUT2D eigenvalue weighted by atomic mass is 10.0. The Kier molecular flexibility index (Phi) is 6.28. The summed E-state index contributed by atoms with van der Waals surface area (Å²) < 4.78 is 30.6. The molecule has 0 saturated carbocycles. The number of nitrogens with zero attached hydrogens (tertiary/aromatic N) is 4. The number of anilines is 1. The Morgan fingerprint density at radius 3 is 2.42 bits per heavy atom. The number of rotatable bonds is 7. The Labute approximate surface area is 210 Å². The normalized spacial score (nSPS) is 11.6. The zero-order valence-corrected chi connectivity index (χ0v) is 21.2. The van der Waals surface area contributed by atoms with Crippen LogP contribution in [0, 0.1) is 13.8 Å². The number of imidazole rings is 1. The van der Waals surface area contributed by atoms with Gasteiger partial charge in [0.25, 0.3) is 10.0 Å². The zero-order chi connectivity index (χ0) is 25.3. The minimum absolute atomic E-state index is 0.202. The largest absolute Gasteiger partial charge is 0.308 e. The van der Waals surface area contributed by atoms with Crippen molar-refractivity contribution in [3.63, 3.8) is 0 Å². The second kappa shape index (κ2) is 9.54. The summed E-state index contributed by atoms with van der Waals surface area (Å²) in [5, 5.41) is 0. The molecule has 0 aliphatic carbocycles. The number of sulfonamides is 1. The highest BCUT2D eigenvalue weighted by Crippen LogP contribution is 2.29. The van der Waals surface area contributed by atoms with Gasteiger partial charge < -0.3 is 4.57 Å². The van der Waals surface area contributed by atoms with Gasteiger partial charge in [0.05, 0.1) is 23.3 Å². The van der Waals surface area contributed by atoms with Gasteiger partial charge in [0, 0.05) is 23.9 Å². The van der Waals surface area contributed by atoms with Gasteiger partial charge in [0.15, 0.2) is 5.65 Å². The average Bonchev–Trinajstić information content (AvgIpc) is 3.21. The van der Waals surface area contributed by atoms with Crippen LogP contribution in [0.25, 0.3) is 22.3 Å². The molecule has 5 rings (SSSR count). The maximum absolute atomic E-state index is 12.9. The number of pyridine rings is 2. The van der Waals surface area contributed by atoms with Gasteiger partial charge in [-0.3, -0.25) is 9.71 Å². The Bertz CT molecular complexity index is 1640. The minimum Gasteiger partial charge on any atom is -0.308 e. The van der Waals surface area contributed by atoms with Gasteiger partial charge in [-0.2, -0.15) is 0 Å². The first-order chi connectivity index (χ1) is 17.4. The van der Waals surface area contributed by atoms with Crippen LogP contribution in [0.1, 0.15) is 29.6 Å². The summed E-state index contributed by atoms with van der Waals surface area (Å²) >= 11 is 0. The summed E-state index contributed by atoms with van der Waals surface area (Å²) in [6.45, 7) is 6.82. The van der Waals surface area contributed by atoms with E-state index in [2.05, 4.69) is 46.3 Å². The van der Waals surface area contributed by atoms with Gasteiger partial charge >= 0.3 is 0 Å². The molecule has 0 bridgehead atoms. The van der Waals surface area contributed by atoms with E-state index in [-0.39, 0.29) is 4.90 Å². The highest BCUT2D eigenvalue weighted by molar-refractivity contribution is 7.92. The summed E-state index contributed by atoms with van der Waals surface area (Å²) in [6.07, 6.45) is 4.00. The highest BCUT2D eigenvalue weighted by atomic mass is 32.2. The van der Waals surface area contributed by atoms with Crippen LogP contribution < -0.4 is 4.72 Å². The van der Waals surface area contributed by atoms with Crippen LogP contribution >= 0.6 is 0 Å². The summed E-state index contributed by atoms with van der Waals surface area (Å²) in [4.78, 5) is 13.9. The number of hydrogen-bond acceptors (Lipinski definition) is 5. The first kappa shape index (κ1) is 23.7. The summed E-state index contributed by atoms with van der Waals surface area (Å²) in [7, 11) is -3.73. The first-order valence-electron chi connectivity index (χ1n) is 11.8. The predicted molar refractivity (Wildman–Crippen MR) is 142 cm³/mol. The predicted octanol–water partition coefficient (Wildman–Crippen LogP) is 5.52. The lowest BCUT2D eigenvalue weighted by Crippen LogP contribution is -2.13. The number of fused-ring (bicyclic) bond motifs is 1. The van der Waals surface area contributed by atoms with E-state index in [1.54, 1.807) is 36.5 Å². The lowest BCUT2D eigenvalue weighted by Gasteiger charge is -2.13. The maximum Gasteiger partial charge on any atom is 0.261 e. The molecule has 0 amide bonds. The molecule has 0 unspecified atom stereocenters. The number of benzene rings is 2. The molecule has 182 valence electrons. The van der Waals surface area contributed by atoms with E-state index < -0.39 is 10.0 Å².